The minimum atomic E-state index is 0.136. The number of piperidine rings is 1. The van der Waals surface area contributed by atoms with Gasteiger partial charge in [-0.3, -0.25) is 4.90 Å². The Bertz CT molecular complexity index is 401. The maximum atomic E-state index is 6.58. The number of rotatable bonds is 5. The Morgan fingerprint density at radius 3 is 2.63 bits per heavy atom. The number of hydrogen-bond donors (Lipinski definition) is 1. The zero-order valence-corrected chi connectivity index (χ0v) is 14.4. The Labute approximate surface area is 129 Å². The van der Waals surface area contributed by atoms with E-state index in [-0.39, 0.29) is 11.6 Å². The van der Waals surface area contributed by atoms with Crippen LogP contribution in [-0.2, 0) is 6.42 Å². The molecule has 2 N–H and O–H groups in total. The molecule has 2 rings (SSSR count). The summed E-state index contributed by atoms with van der Waals surface area (Å²) < 4.78 is 1.18. The van der Waals surface area contributed by atoms with Crippen LogP contribution in [0.15, 0.2) is 15.9 Å². The third-order valence-electron chi connectivity index (χ3n) is 4.64. The van der Waals surface area contributed by atoms with E-state index in [1.807, 2.05) is 0 Å². The second kappa shape index (κ2) is 6.70. The van der Waals surface area contributed by atoms with Crippen LogP contribution in [0.3, 0.4) is 0 Å². The second-order valence-corrected chi connectivity index (χ2v) is 7.71. The van der Waals surface area contributed by atoms with Crippen molar-refractivity contribution in [2.75, 3.05) is 13.1 Å². The van der Waals surface area contributed by atoms with Crippen LogP contribution in [0.25, 0.3) is 0 Å². The lowest BCUT2D eigenvalue weighted by molar-refractivity contribution is 0.0548. The Kier molecular flexibility index (Phi) is 5.46. The van der Waals surface area contributed by atoms with E-state index in [0.29, 0.717) is 0 Å². The van der Waals surface area contributed by atoms with Crippen LogP contribution in [0, 0.1) is 0 Å². The predicted octanol–water partition coefficient (Wildman–Crippen LogP) is 4.04. The lowest BCUT2D eigenvalue weighted by Crippen LogP contribution is -2.59. The van der Waals surface area contributed by atoms with Crippen LogP contribution < -0.4 is 5.73 Å². The number of likely N-dealkylation sites (tertiary alicyclic amines) is 1. The Morgan fingerprint density at radius 1 is 1.42 bits per heavy atom. The van der Waals surface area contributed by atoms with Crippen molar-refractivity contribution < 1.29 is 0 Å². The van der Waals surface area contributed by atoms with Gasteiger partial charge in [0.1, 0.15) is 0 Å². The van der Waals surface area contributed by atoms with Gasteiger partial charge < -0.3 is 5.73 Å². The van der Waals surface area contributed by atoms with Crippen LogP contribution in [0.4, 0.5) is 0 Å². The van der Waals surface area contributed by atoms with Gasteiger partial charge >= 0.3 is 0 Å². The van der Waals surface area contributed by atoms with Crippen LogP contribution in [0.2, 0.25) is 0 Å². The van der Waals surface area contributed by atoms with E-state index in [2.05, 4.69) is 46.1 Å². The standard InChI is InChI=1S/C15H25BrN2S/c1-3-15(2,18-7-5-4-6-8-18)14(17)10-13-9-12(16)11-19-13/h9,11,14H,3-8,10,17H2,1-2H3. The first-order valence-corrected chi connectivity index (χ1v) is 8.97. The summed E-state index contributed by atoms with van der Waals surface area (Å²) in [5.74, 6) is 0. The molecule has 0 amide bonds. The molecule has 0 radical (unpaired) electrons. The molecule has 1 aliphatic heterocycles. The number of nitrogens with zero attached hydrogens (tertiary/aromatic N) is 1. The van der Waals surface area contributed by atoms with Gasteiger partial charge in [-0.2, -0.15) is 0 Å². The summed E-state index contributed by atoms with van der Waals surface area (Å²) in [7, 11) is 0. The molecule has 19 heavy (non-hydrogen) atoms. The molecule has 0 saturated carbocycles. The molecular weight excluding hydrogens is 320 g/mol. The molecule has 2 nitrogen and oxygen atoms in total. The molecular formula is C15H25BrN2S. The molecule has 108 valence electrons. The average molecular weight is 345 g/mol. The topological polar surface area (TPSA) is 29.3 Å². The highest BCUT2D eigenvalue weighted by atomic mass is 79.9. The number of thiophene rings is 1. The normalized spacial score (nSPS) is 22.1. The largest absolute Gasteiger partial charge is 0.326 e. The first kappa shape index (κ1) is 15.5. The highest BCUT2D eigenvalue weighted by Gasteiger charge is 2.36. The van der Waals surface area contributed by atoms with Crippen molar-refractivity contribution in [1.29, 1.82) is 0 Å². The van der Waals surface area contributed by atoms with Crippen molar-refractivity contribution >= 4 is 27.3 Å². The molecule has 0 bridgehead atoms. The van der Waals surface area contributed by atoms with Crippen LogP contribution in [-0.4, -0.2) is 29.6 Å². The quantitative estimate of drug-likeness (QED) is 0.873. The van der Waals surface area contributed by atoms with Crippen LogP contribution in [0.5, 0.6) is 0 Å². The van der Waals surface area contributed by atoms with Crippen LogP contribution in [0.1, 0.15) is 44.4 Å². The highest BCUT2D eigenvalue weighted by molar-refractivity contribution is 9.10. The fraction of sp³-hybridized carbons (Fsp3) is 0.733. The van der Waals surface area contributed by atoms with E-state index in [1.54, 1.807) is 11.3 Å². The van der Waals surface area contributed by atoms with Gasteiger partial charge in [-0.1, -0.05) is 13.3 Å². The van der Waals surface area contributed by atoms with E-state index in [0.717, 1.165) is 12.8 Å². The van der Waals surface area contributed by atoms with Crippen molar-refractivity contribution in [2.45, 2.75) is 57.5 Å². The summed E-state index contributed by atoms with van der Waals surface area (Å²) in [6.45, 7) is 7.06. The zero-order chi connectivity index (χ0) is 13.9. The zero-order valence-electron chi connectivity index (χ0n) is 12.0. The lowest BCUT2D eigenvalue weighted by Gasteiger charge is -2.46. The first-order chi connectivity index (χ1) is 9.06. The van der Waals surface area contributed by atoms with Gasteiger partial charge in [0.25, 0.3) is 0 Å². The molecule has 2 heterocycles. The van der Waals surface area contributed by atoms with Crippen molar-refractivity contribution in [3.63, 3.8) is 0 Å². The van der Waals surface area contributed by atoms with Gasteiger partial charge in [0, 0.05) is 26.3 Å². The van der Waals surface area contributed by atoms with E-state index in [9.17, 15) is 0 Å². The molecule has 1 aromatic rings. The molecule has 2 unspecified atom stereocenters. The third kappa shape index (κ3) is 3.60. The molecule has 2 atom stereocenters. The van der Waals surface area contributed by atoms with Gasteiger partial charge in [0.15, 0.2) is 0 Å². The Hall–Kier alpha value is 0.1000. The maximum absolute atomic E-state index is 6.58. The van der Waals surface area contributed by atoms with Crippen molar-refractivity contribution in [3.05, 3.63) is 20.8 Å². The van der Waals surface area contributed by atoms with Crippen molar-refractivity contribution in [2.24, 2.45) is 5.73 Å². The minimum Gasteiger partial charge on any atom is -0.326 e. The molecule has 0 aliphatic carbocycles. The van der Waals surface area contributed by atoms with Gasteiger partial charge in [-0.25, -0.2) is 0 Å². The number of nitrogens with two attached hydrogens (primary N) is 1. The summed E-state index contributed by atoms with van der Waals surface area (Å²) in [4.78, 5) is 4.01. The fourth-order valence-electron chi connectivity index (χ4n) is 3.02. The van der Waals surface area contributed by atoms with Crippen molar-refractivity contribution in [3.8, 4) is 0 Å². The predicted molar refractivity (Wildman–Crippen MR) is 87.8 cm³/mol. The summed E-state index contributed by atoms with van der Waals surface area (Å²) in [6, 6.07) is 2.41. The summed E-state index contributed by atoms with van der Waals surface area (Å²) >= 11 is 5.33. The summed E-state index contributed by atoms with van der Waals surface area (Å²) in [5.41, 5.74) is 6.72. The molecule has 1 aliphatic rings. The van der Waals surface area contributed by atoms with Gasteiger partial charge in [-0.05, 0) is 67.7 Å². The summed E-state index contributed by atoms with van der Waals surface area (Å²) in [6.07, 6.45) is 6.14. The Balaban J connectivity index is 2.06. The lowest BCUT2D eigenvalue weighted by atomic mass is 9.84. The molecule has 0 aromatic carbocycles. The maximum Gasteiger partial charge on any atom is 0.0333 e. The minimum absolute atomic E-state index is 0.136. The van der Waals surface area contributed by atoms with Gasteiger partial charge in [0.05, 0.1) is 0 Å². The summed E-state index contributed by atoms with van der Waals surface area (Å²) in [5, 5.41) is 2.15. The second-order valence-electron chi connectivity index (χ2n) is 5.80. The van der Waals surface area contributed by atoms with E-state index in [4.69, 9.17) is 5.73 Å². The average Bonchev–Trinajstić information content (AvgIpc) is 2.84. The van der Waals surface area contributed by atoms with Crippen molar-refractivity contribution in [1.82, 2.24) is 4.90 Å². The first-order valence-electron chi connectivity index (χ1n) is 7.30. The molecule has 1 aromatic heterocycles. The van der Waals surface area contributed by atoms with Crippen LogP contribution >= 0.6 is 27.3 Å². The molecule has 0 spiro atoms. The smallest absolute Gasteiger partial charge is 0.0333 e. The third-order valence-corrected chi connectivity index (χ3v) is 6.36. The number of hydrogen-bond acceptors (Lipinski definition) is 3. The number of halogens is 1. The monoisotopic (exact) mass is 344 g/mol. The SMILES string of the molecule is CCC(C)(C(N)Cc1cc(Br)cs1)N1CCCCC1. The van der Waals surface area contributed by atoms with E-state index < -0.39 is 0 Å². The van der Waals surface area contributed by atoms with E-state index >= 15 is 0 Å². The van der Waals surface area contributed by atoms with Gasteiger partial charge in [-0.15, -0.1) is 11.3 Å². The fourth-order valence-corrected chi connectivity index (χ4v) is 4.53. The molecule has 1 fully saturated rings. The van der Waals surface area contributed by atoms with E-state index in [1.165, 1.54) is 41.7 Å². The highest BCUT2D eigenvalue weighted by Crippen LogP contribution is 2.30. The Morgan fingerprint density at radius 2 is 2.11 bits per heavy atom. The van der Waals surface area contributed by atoms with Gasteiger partial charge in [0.2, 0.25) is 0 Å². The molecule has 1 saturated heterocycles. The molecule has 4 heteroatoms.